The van der Waals surface area contributed by atoms with Gasteiger partial charge >= 0.3 is 10.1 Å². The van der Waals surface area contributed by atoms with Gasteiger partial charge in [0.2, 0.25) is 0 Å². The molecular weight excluding hydrogens is 328 g/mol. The molecular formula is C18H30O5S. The monoisotopic (exact) mass is 358 g/mol. The molecule has 0 saturated heterocycles. The maximum Gasteiger partial charge on any atom is 0.305 e. The van der Waals surface area contributed by atoms with E-state index in [0.29, 0.717) is 12.4 Å². The van der Waals surface area contributed by atoms with E-state index in [1.165, 1.54) is 32.1 Å². The van der Waals surface area contributed by atoms with Gasteiger partial charge in [-0.3, -0.25) is 0 Å². The molecule has 0 aromatic heterocycles. The van der Waals surface area contributed by atoms with Gasteiger partial charge in [0.25, 0.3) is 0 Å². The summed E-state index contributed by atoms with van der Waals surface area (Å²) in [7, 11) is -3.75. The van der Waals surface area contributed by atoms with Crippen LogP contribution in [-0.2, 0) is 25.6 Å². The minimum absolute atomic E-state index is 0.0988. The van der Waals surface area contributed by atoms with Gasteiger partial charge in [0.1, 0.15) is 5.75 Å². The Labute approximate surface area is 146 Å². The molecule has 6 heteroatoms. The van der Waals surface area contributed by atoms with Crippen LogP contribution >= 0.6 is 0 Å². The summed E-state index contributed by atoms with van der Waals surface area (Å²) in [5.41, 5.74) is 0.966. The third-order valence-corrected chi connectivity index (χ3v) is 4.62. The fourth-order valence-electron chi connectivity index (χ4n) is 2.32. The lowest BCUT2D eigenvalue weighted by molar-refractivity contribution is -0.0938. The van der Waals surface area contributed by atoms with Crippen molar-refractivity contribution in [2.45, 2.75) is 58.8 Å². The van der Waals surface area contributed by atoms with Gasteiger partial charge in [0, 0.05) is 6.61 Å². The summed E-state index contributed by atoms with van der Waals surface area (Å²) in [5.74, 6) is 0.242. The molecule has 0 radical (unpaired) electrons. The van der Waals surface area contributed by atoms with Gasteiger partial charge in [0.15, 0.2) is 5.75 Å². The molecule has 138 valence electrons. The molecule has 0 heterocycles. The van der Waals surface area contributed by atoms with Crippen molar-refractivity contribution in [2.24, 2.45) is 0 Å². The number of hydrogen-bond donors (Lipinski definition) is 0. The molecule has 0 bridgehead atoms. The zero-order chi connectivity index (χ0) is 17.7. The third kappa shape index (κ3) is 9.25. The fourth-order valence-corrected chi connectivity index (χ4v) is 2.88. The molecule has 0 aliphatic carbocycles. The number of rotatable bonds is 14. The summed E-state index contributed by atoms with van der Waals surface area (Å²) in [5, 5.41) is 0. The second-order valence-corrected chi connectivity index (χ2v) is 7.40. The lowest BCUT2D eigenvalue weighted by atomic mass is 10.0. The van der Waals surface area contributed by atoms with Crippen molar-refractivity contribution in [1.82, 2.24) is 0 Å². The molecule has 0 saturated carbocycles. The quantitative estimate of drug-likeness (QED) is 0.282. The van der Waals surface area contributed by atoms with E-state index in [9.17, 15) is 8.42 Å². The van der Waals surface area contributed by atoms with Crippen molar-refractivity contribution in [3.63, 3.8) is 0 Å². The molecule has 24 heavy (non-hydrogen) atoms. The maximum absolute atomic E-state index is 11.7. The van der Waals surface area contributed by atoms with Gasteiger partial charge < -0.3 is 9.62 Å². The lowest BCUT2D eigenvalue weighted by Gasteiger charge is -2.10. The molecule has 0 aliphatic heterocycles. The first-order valence-corrected chi connectivity index (χ1v) is 10.4. The summed E-state index contributed by atoms with van der Waals surface area (Å²) in [6.07, 6.45) is 8.11. The van der Waals surface area contributed by atoms with Crippen LogP contribution in [0.25, 0.3) is 0 Å². The Morgan fingerprint density at radius 2 is 1.67 bits per heavy atom. The SMILES string of the molecule is CCCCCCCCc1ccccc1OOS(=O)(=O)CCOCC. The van der Waals surface area contributed by atoms with Gasteiger partial charge in [0.05, 0.1) is 6.61 Å². The second-order valence-electron chi connectivity index (χ2n) is 5.74. The summed E-state index contributed by atoms with van der Waals surface area (Å²) >= 11 is 0. The maximum atomic E-state index is 11.7. The van der Waals surface area contributed by atoms with E-state index >= 15 is 0 Å². The smallest absolute Gasteiger partial charge is 0.305 e. The Bertz CT molecular complexity index is 542. The minimum atomic E-state index is -3.75. The normalized spacial score (nSPS) is 11.6. The number of aryl methyl sites for hydroxylation is 1. The van der Waals surface area contributed by atoms with E-state index in [4.69, 9.17) is 9.62 Å². The van der Waals surface area contributed by atoms with Crippen LogP contribution < -0.4 is 4.89 Å². The van der Waals surface area contributed by atoms with Crippen LogP contribution in [0.2, 0.25) is 0 Å². The van der Waals surface area contributed by atoms with Crippen molar-refractivity contribution in [3.05, 3.63) is 29.8 Å². The first-order chi connectivity index (χ1) is 11.6. The van der Waals surface area contributed by atoms with Crippen LogP contribution in [-0.4, -0.2) is 27.4 Å². The van der Waals surface area contributed by atoms with Gasteiger partial charge in [-0.25, -0.2) is 0 Å². The van der Waals surface area contributed by atoms with E-state index in [1.807, 2.05) is 19.1 Å². The molecule has 0 aliphatic rings. The molecule has 1 aromatic rings. The largest absolute Gasteiger partial charge is 0.381 e. The van der Waals surface area contributed by atoms with Gasteiger partial charge in [-0.05, 0) is 31.4 Å². The average molecular weight is 359 g/mol. The third-order valence-electron chi connectivity index (χ3n) is 3.68. The highest BCUT2D eigenvalue weighted by atomic mass is 32.2. The second kappa shape index (κ2) is 12.3. The molecule has 0 fully saturated rings. The molecule has 1 aromatic carbocycles. The van der Waals surface area contributed by atoms with Crippen LogP contribution in [0, 0.1) is 0 Å². The van der Waals surface area contributed by atoms with Crippen molar-refractivity contribution in [2.75, 3.05) is 19.0 Å². The molecule has 5 nitrogen and oxygen atoms in total. The van der Waals surface area contributed by atoms with Crippen molar-refractivity contribution >= 4 is 10.1 Å². The zero-order valence-electron chi connectivity index (χ0n) is 14.8. The Morgan fingerprint density at radius 3 is 2.42 bits per heavy atom. The first kappa shape index (κ1) is 20.9. The van der Waals surface area contributed by atoms with Crippen molar-refractivity contribution in [3.8, 4) is 5.75 Å². The van der Waals surface area contributed by atoms with E-state index in [1.54, 1.807) is 12.1 Å². The first-order valence-electron chi connectivity index (χ1n) is 8.83. The zero-order valence-corrected chi connectivity index (χ0v) is 15.6. The molecule has 0 unspecified atom stereocenters. The van der Waals surface area contributed by atoms with Crippen LogP contribution in [0.1, 0.15) is 57.9 Å². The van der Waals surface area contributed by atoms with Crippen molar-refractivity contribution < 1.29 is 22.4 Å². The average Bonchev–Trinajstić information content (AvgIpc) is 2.57. The summed E-state index contributed by atoms with van der Waals surface area (Å²) in [6.45, 7) is 4.58. The molecule has 1 rings (SSSR count). The van der Waals surface area contributed by atoms with Gasteiger partial charge in [-0.2, -0.15) is 8.42 Å². The lowest BCUT2D eigenvalue weighted by Crippen LogP contribution is -2.17. The van der Waals surface area contributed by atoms with Gasteiger partial charge in [-0.15, -0.1) is 0 Å². The van der Waals surface area contributed by atoms with Crippen LogP contribution in [0.3, 0.4) is 0 Å². The number of unbranched alkanes of at least 4 members (excludes halogenated alkanes) is 5. The number of benzene rings is 1. The highest BCUT2D eigenvalue weighted by Crippen LogP contribution is 2.21. The predicted octanol–water partition coefficient (Wildman–Crippen LogP) is 4.27. The number of para-hydroxylation sites is 1. The highest BCUT2D eigenvalue weighted by Gasteiger charge is 2.14. The predicted molar refractivity (Wildman–Crippen MR) is 95.5 cm³/mol. The van der Waals surface area contributed by atoms with Crippen molar-refractivity contribution in [1.29, 1.82) is 0 Å². The van der Waals surface area contributed by atoms with E-state index in [2.05, 4.69) is 11.3 Å². The summed E-state index contributed by atoms with van der Waals surface area (Å²) in [4.78, 5) is 5.08. The Balaban J connectivity index is 2.42. The van der Waals surface area contributed by atoms with Gasteiger partial charge in [-0.1, -0.05) is 61.6 Å². The highest BCUT2D eigenvalue weighted by molar-refractivity contribution is 7.86. The summed E-state index contributed by atoms with van der Waals surface area (Å²) < 4.78 is 33.1. The topological polar surface area (TPSA) is 61.8 Å². The molecule has 0 amide bonds. The Morgan fingerprint density at radius 1 is 0.958 bits per heavy atom. The minimum Gasteiger partial charge on any atom is -0.381 e. The summed E-state index contributed by atoms with van der Waals surface area (Å²) in [6, 6.07) is 7.39. The fraction of sp³-hybridized carbons (Fsp3) is 0.667. The van der Waals surface area contributed by atoms with E-state index in [-0.39, 0.29) is 12.4 Å². The van der Waals surface area contributed by atoms with Crippen LogP contribution in [0.15, 0.2) is 24.3 Å². The molecule has 0 spiro atoms. The van der Waals surface area contributed by atoms with Crippen LogP contribution in [0.5, 0.6) is 5.75 Å². The van der Waals surface area contributed by atoms with E-state index < -0.39 is 10.1 Å². The number of ether oxygens (including phenoxy) is 1. The van der Waals surface area contributed by atoms with Crippen LogP contribution in [0.4, 0.5) is 0 Å². The number of hydrogen-bond acceptors (Lipinski definition) is 5. The molecule has 0 N–H and O–H groups in total. The standard InChI is InChI=1S/C18H30O5S/c1-3-5-6-7-8-9-12-17-13-10-11-14-18(17)22-23-24(19,20)16-15-21-4-2/h10-11,13-14H,3-9,12,15-16H2,1-2H3. The molecule has 0 atom stereocenters. The Kier molecular flexibility index (Phi) is 10.7. The van der Waals surface area contributed by atoms with E-state index in [0.717, 1.165) is 18.4 Å². The Hall–Kier alpha value is -1.11.